The van der Waals surface area contributed by atoms with Crippen molar-refractivity contribution >= 4 is 11.0 Å². The van der Waals surface area contributed by atoms with E-state index in [0.717, 1.165) is 30.7 Å². The summed E-state index contributed by atoms with van der Waals surface area (Å²) >= 11 is 0. The van der Waals surface area contributed by atoms with Crippen molar-refractivity contribution < 1.29 is 32.3 Å². The van der Waals surface area contributed by atoms with Crippen LogP contribution in [0.25, 0.3) is 22.1 Å². The van der Waals surface area contributed by atoms with Crippen molar-refractivity contribution in [1.29, 1.82) is 0 Å². The van der Waals surface area contributed by atoms with Crippen molar-refractivity contribution in [1.82, 2.24) is 0 Å². The van der Waals surface area contributed by atoms with Gasteiger partial charge in [-0.3, -0.25) is 4.79 Å². The van der Waals surface area contributed by atoms with E-state index >= 15 is 0 Å². The average molecular weight is 448 g/mol. The van der Waals surface area contributed by atoms with Crippen molar-refractivity contribution in [2.75, 3.05) is 13.7 Å². The number of halogens is 3. The van der Waals surface area contributed by atoms with Crippen molar-refractivity contribution in [3.8, 4) is 22.6 Å². The summed E-state index contributed by atoms with van der Waals surface area (Å²) < 4.78 is 52.9. The smallest absolute Gasteiger partial charge is 0.450 e. The summed E-state index contributed by atoms with van der Waals surface area (Å²) in [6.45, 7) is 3.19. The Labute approximate surface area is 183 Å². The first-order chi connectivity index (χ1) is 15.2. The molecule has 0 saturated carbocycles. The van der Waals surface area contributed by atoms with Gasteiger partial charge in [0.05, 0.1) is 36.2 Å². The Kier molecular flexibility index (Phi) is 5.90. The number of hydrogen-bond donors (Lipinski definition) is 2. The maximum absolute atomic E-state index is 14.1. The third-order valence-corrected chi connectivity index (χ3v) is 6.26. The summed E-state index contributed by atoms with van der Waals surface area (Å²) in [6, 6.07) is 8.98. The van der Waals surface area contributed by atoms with E-state index in [2.05, 4.69) is 6.92 Å². The molecule has 2 N–H and O–H groups in total. The van der Waals surface area contributed by atoms with Crippen LogP contribution in [-0.2, 0) is 12.7 Å². The molecule has 2 atom stereocenters. The Morgan fingerprint density at radius 3 is 2.62 bits per heavy atom. The van der Waals surface area contributed by atoms with Gasteiger partial charge in [-0.2, -0.15) is 13.2 Å². The molecule has 0 amide bonds. The molecule has 0 radical (unpaired) electrons. The van der Waals surface area contributed by atoms with E-state index in [-0.39, 0.29) is 40.1 Å². The minimum Gasteiger partial charge on any atom is -0.507 e. The van der Waals surface area contributed by atoms with Gasteiger partial charge in [-0.05, 0) is 44.4 Å². The number of ether oxygens (including phenoxy) is 1. The summed E-state index contributed by atoms with van der Waals surface area (Å²) in [7, 11) is 1.33. The number of methoxy groups -OCH3 is 1. The number of hydrogen-bond acceptors (Lipinski definition) is 4. The van der Waals surface area contributed by atoms with E-state index in [1.165, 1.54) is 37.4 Å². The fraction of sp³-hybridized carbons (Fsp3) is 0.375. The Balaban J connectivity index is 1.99. The molecule has 1 saturated heterocycles. The molecule has 2 aromatic carbocycles. The number of piperidine rings is 1. The minimum atomic E-state index is -4.92. The van der Waals surface area contributed by atoms with Gasteiger partial charge in [-0.15, -0.1) is 0 Å². The number of rotatable bonds is 4. The second kappa shape index (κ2) is 8.50. The number of phenolic OH excluding ortho intramolecular Hbond substituents is 1. The number of quaternary nitrogens is 1. The Bertz CT molecular complexity index is 1200. The van der Waals surface area contributed by atoms with E-state index in [0.29, 0.717) is 6.04 Å². The predicted octanol–water partition coefficient (Wildman–Crippen LogP) is 4.15. The predicted molar refractivity (Wildman–Crippen MR) is 114 cm³/mol. The fourth-order valence-electron chi connectivity index (χ4n) is 4.51. The van der Waals surface area contributed by atoms with E-state index in [1.807, 2.05) is 0 Å². The van der Waals surface area contributed by atoms with Crippen LogP contribution in [0.3, 0.4) is 0 Å². The van der Waals surface area contributed by atoms with Gasteiger partial charge in [0.1, 0.15) is 18.0 Å². The number of aromatic hydroxyl groups is 1. The molecule has 4 rings (SSSR count). The standard InChI is InChI=1S/C24H24F3NO4/c1-14-7-5-6-12-28(14)13-17-18(29)11-10-16-21(30)20(15-8-3-4-9-19(15)31-2)23(24(25,26)27)32-22(16)17/h3-4,8-11,14,29H,5-7,12-13H2,1-2H3/p+1/t14-/m0/s1. The van der Waals surface area contributed by atoms with E-state index in [1.54, 1.807) is 6.07 Å². The van der Waals surface area contributed by atoms with Crippen LogP contribution in [0.1, 0.15) is 37.5 Å². The molecule has 1 aliphatic heterocycles. The summed E-state index contributed by atoms with van der Waals surface area (Å²) in [6.07, 6.45) is -1.82. The van der Waals surface area contributed by atoms with Gasteiger partial charge in [0.2, 0.25) is 11.2 Å². The lowest BCUT2D eigenvalue weighted by Crippen LogP contribution is -3.14. The molecule has 0 spiro atoms. The van der Waals surface area contributed by atoms with E-state index in [4.69, 9.17) is 9.15 Å². The van der Waals surface area contributed by atoms with Gasteiger partial charge in [0, 0.05) is 5.56 Å². The monoisotopic (exact) mass is 448 g/mol. The summed E-state index contributed by atoms with van der Waals surface area (Å²) in [4.78, 5) is 14.5. The third kappa shape index (κ3) is 3.95. The molecule has 1 unspecified atom stereocenters. The lowest BCUT2D eigenvalue weighted by molar-refractivity contribution is -0.941. The quantitative estimate of drug-likeness (QED) is 0.630. The second-order valence-corrected chi connectivity index (χ2v) is 8.26. The van der Waals surface area contributed by atoms with Crippen LogP contribution in [0.5, 0.6) is 11.5 Å². The number of fused-ring (bicyclic) bond motifs is 1. The highest BCUT2D eigenvalue weighted by atomic mass is 19.4. The molecule has 1 aromatic heterocycles. The van der Waals surface area contributed by atoms with Gasteiger partial charge < -0.3 is 19.2 Å². The first-order valence-corrected chi connectivity index (χ1v) is 10.6. The van der Waals surface area contributed by atoms with Crippen molar-refractivity contribution in [3.05, 3.63) is 57.9 Å². The van der Waals surface area contributed by atoms with E-state index < -0.39 is 22.9 Å². The SMILES string of the molecule is COc1ccccc1-c1c(C(F)(F)F)oc2c(C[NH+]3CCCC[C@@H]3C)c(O)ccc2c1=O. The molecule has 1 aliphatic rings. The zero-order valence-corrected chi connectivity index (χ0v) is 17.9. The van der Waals surface area contributed by atoms with Gasteiger partial charge in [0.25, 0.3) is 0 Å². The lowest BCUT2D eigenvalue weighted by atomic mass is 9.98. The van der Waals surface area contributed by atoms with Crippen molar-refractivity contribution in [2.45, 2.75) is 44.9 Å². The maximum atomic E-state index is 14.1. The zero-order valence-electron chi connectivity index (χ0n) is 17.9. The molecule has 2 heterocycles. The molecule has 0 bridgehead atoms. The minimum absolute atomic E-state index is 0.00266. The normalized spacial score (nSPS) is 19.3. The molecule has 170 valence electrons. The first-order valence-electron chi connectivity index (χ1n) is 10.6. The van der Waals surface area contributed by atoms with Crippen LogP contribution >= 0.6 is 0 Å². The van der Waals surface area contributed by atoms with Crippen LogP contribution in [0.4, 0.5) is 13.2 Å². The highest BCUT2D eigenvalue weighted by Crippen LogP contribution is 2.41. The summed E-state index contributed by atoms with van der Waals surface area (Å²) in [5.41, 5.74) is -1.40. The highest BCUT2D eigenvalue weighted by molar-refractivity contribution is 5.87. The van der Waals surface area contributed by atoms with Crippen LogP contribution < -0.4 is 15.1 Å². The number of phenols is 1. The number of nitrogens with one attached hydrogen (secondary N) is 1. The Morgan fingerprint density at radius 2 is 1.94 bits per heavy atom. The molecular formula is C24H25F3NO4+. The topological polar surface area (TPSA) is 64.1 Å². The number of benzene rings is 2. The van der Waals surface area contributed by atoms with Crippen LogP contribution in [0.15, 0.2) is 45.6 Å². The molecule has 5 nitrogen and oxygen atoms in total. The molecule has 32 heavy (non-hydrogen) atoms. The van der Waals surface area contributed by atoms with Crippen molar-refractivity contribution in [2.24, 2.45) is 0 Å². The highest BCUT2D eigenvalue weighted by Gasteiger charge is 2.40. The molecule has 3 aromatic rings. The fourth-order valence-corrected chi connectivity index (χ4v) is 4.51. The third-order valence-electron chi connectivity index (χ3n) is 6.26. The van der Waals surface area contributed by atoms with Crippen LogP contribution in [-0.4, -0.2) is 24.8 Å². The molecule has 0 aliphatic carbocycles. The Morgan fingerprint density at radius 1 is 1.19 bits per heavy atom. The largest absolute Gasteiger partial charge is 0.507 e. The first kappa shape index (κ1) is 22.2. The van der Waals surface area contributed by atoms with Crippen LogP contribution in [0, 0.1) is 0 Å². The van der Waals surface area contributed by atoms with Gasteiger partial charge in [-0.25, -0.2) is 0 Å². The molecular weight excluding hydrogens is 423 g/mol. The van der Waals surface area contributed by atoms with Gasteiger partial charge >= 0.3 is 6.18 Å². The Hall–Kier alpha value is -3.00. The average Bonchev–Trinajstić information content (AvgIpc) is 2.76. The lowest BCUT2D eigenvalue weighted by Gasteiger charge is -2.30. The maximum Gasteiger partial charge on any atom is 0.450 e. The zero-order chi connectivity index (χ0) is 23.0. The number of likely N-dealkylation sites (tertiary alicyclic amines) is 1. The number of para-hydroxylation sites is 1. The van der Waals surface area contributed by atoms with Gasteiger partial charge in [-0.1, -0.05) is 18.2 Å². The summed E-state index contributed by atoms with van der Waals surface area (Å²) in [5, 5.41) is 10.5. The van der Waals surface area contributed by atoms with Crippen LogP contribution in [0.2, 0.25) is 0 Å². The molecule has 1 fully saturated rings. The number of alkyl halides is 3. The second-order valence-electron chi connectivity index (χ2n) is 8.26. The van der Waals surface area contributed by atoms with E-state index in [9.17, 15) is 23.1 Å². The van der Waals surface area contributed by atoms with Crippen molar-refractivity contribution in [3.63, 3.8) is 0 Å². The van der Waals surface area contributed by atoms with Gasteiger partial charge in [0.15, 0.2) is 5.58 Å². The molecule has 8 heteroatoms. The summed E-state index contributed by atoms with van der Waals surface area (Å²) in [5.74, 6) is -1.44.